The van der Waals surface area contributed by atoms with Crippen LogP contribution in [-0.4, -0.2) is 23.7 Å². The Morgan fingerprint density at radius 1 is 0.950 bits per heavy atom. The van der Waals surface area contributed by atoms with Crippen LogP contribution in [0.1, 0.15) is 74.2 Å². The summed E-state index contributed by atoms with van der Waals surface area (Å²) < 4.78 is 11.9. The van der Waals surface area contributed by atoms with E-state index in [1.807, 2.05) is 30.3 Å². The highest BCUT2D eigenvalue weighted by atomic mass is 16.5. The van der Waals surface area contributed by atoms with Crippen molar-refractivity contribution in [3.8, 4) is 17.6 Å². The van der Waals surface area contributed by atoms with Crippen molar-refractivity contribution in [3.05, 3.63) is 99.1 Å². The molecule has 3 aromatic carbocycles. The van der Waals surface area contributed by atoms with Gasteiger partial charge in [0, 0.05) is 45.3 Å². The van der Waals surface area contributed by atoms with Crippen molar-refractivity contribution in [3.63, 3.8) is 0 Å². The highest BCUT2D eigenvalue weighted by Gasteiger charge is 2.30. The van der Waals surface area contributed by atoms with E-state index in [0.717, 1.165) is 49.7 Å². The molecule has 0 fully saturated rings. The molecule has 3 aromatic rings. The van der Waals surface area contributed by atoms with E-state index in [9.17, 15) is 4.79 Å². The minimum absolute atomic E-state index is 0.199. The second kappa shape index (κ2) is 8.96. The molecule has 0 saturated heterocycles. The van der Waals surface area contributed by atoms with Gasteiger partial charge in [-0.1, -0.05) is 30.4 Å². The van der Waals surface area contributed by atoms with E-state index < -0.39 is 5.97 Å². The van der Waals surface area contributed by atoms with E-state index in [0.29, 0.717) is 17.1 Å². The second-order valence-electron chi connectivity index (χ2n) is 11.8. The summed E-state index contributed by atoms with van der Waals surface area (Å²) in [5.74, 6) is 0.835. The number of nitrogens with one attached hydrogen (secondary N) is 1. The summed E-state index contributed by atoms with van der Waals surface area (Å²) in [5.41, 5.74) is 7.77. The molecule has 0 spiro atoms. The fourth-order valence-electron chi connectivity index (χ4n) is 6.11. The lowest BCUT2D eigenvalue weighted by Gasteiger charge is -2.33. The number of allylic oxidation sites excluding steroid dienone is 2. The average molecular weight is 530 g/mol. The van der Waals surface area contributed by atoms with Gasteiger partial charge in [0.05, 0.1) is 22.0 Å². The molecule has 3 aliphatic heterocycles. The minimum atomic E-state index is -0.539. The normalized spacial score (nSPS) is 17.2. The Hall–Kier alpha value is -4.63. The Morgan fingerprint density at radius 2 is 1.70 bits per heavy atom. The fourth-order valence-corrected chi connectivity index (χ4v) is 6.11. The number of ether oxygens (including phenoxy) is 2. The molecular formula is C34H31N3O3. The topological polar surface area (TPSA) is 83.7 Å². The molecule has 40 heavy (non-hydrogen) atoms. The highest BCUT2D eigenvalue weighted by molar-refractivity contribution is 6.00. The molecule has 0 bridgehead atoms. The summed E-state index contributed by atoms with van der Waals surface area (Å²) in [6.07, 6.45) is 4.39. The van der Waals surface area contributed by atoms with E-state index >= 15 is 0 Å². The van der Waals surface area contributed by atoms with Crippen LogP contribution in [0.15, 0.2) is 65.7 Å². The molecule has 3 aliphatic rings. The van der Waals surface area contributed by atoms with Gasteiger partial charge in [0.25, 0.3) is 0 Å². The maximum absolute atomic E-state index is 13.1. The highest BCUT2D eigenvalue weighted by Crippen LogP contribution is 2.44. The number of hydrogen-bond acceptors (Lipinski definition) is 6. The van der Waals surface area contributed by atoms with Crippen molar-refractivity contribution >= 4 is 28.4 Å². The van der Waals surface area contributed by atoms with Gasteiger partial charge in [0.1, 0.15) is 17.6 Å². The number of esters is 1. The van der Waals surface area contributed by atoms with E-state index in [2.05, 4.69) is 71.1 Å². The molecule has 6 heteroatoms. The third kappa shape index (κ3) is 4.28. The predicted octanol–water partition coefficient (Wildman–Crippen LogP) is 6.14. The summed E-state index contributed by atoms with van der Waals surface area (Å²) >= 11 is 0. The zero-order valence-electron chi connectivity index (χ0n) is 23.6. The Morgan fingerprint density at radius 3 is 2.48 bits per heavy atom. The molecule has 6 rings (SSSR count). The SMILES string of the molecule is CC1=CC(C)(C)Nc2cc3c(cc21)C(c1ccccc1C(=O)OCC#N)=c1cc2c(cc1O3)=NC(C)(C)C=C2C. The van der Waals surface area contributed by atoms with Crippen molar-refractivity contribution in [1.82, 2.24) is 0 Å². The number of nitriles is 1. The smallest absolute Gasteiger partial charge is 0.339 e. The van der Waals surface area contributed by atoms with Gasteiger partial charge in [-0.15, -0.1) is 0 Å². The first-order chi connectivity index (χ1) is 19.0. The van der Waals surface area contributed by atoms with E-state index in [1.54, 1.807) is 12.1 Å². The first-order valence-corrected chi connectivity index (χ1v) is 13.4. The van der Waals surface area contributed by atoms with Gasteiger partial charge in [-0.25, -0.2) is 4.79 Å². The molecule has 0 unspecified atom stereocenters. The summed E-state index contributed by atoms with van der Waals surface area (Å²) in [5, 5.41) is 14.4. The Labute approximate surface area is 234 Å². The van der Waals surface area contributed by atoms with Crippen molar-refractivity contribution < 1.29 is 14.3 Å². The summed E-state index contributed by atoms with van der Waals surface area (Å²) in [6.45, 7) is 12.4. The first kappa shape index (κ1) is 25.6. The third-order valence-corrected chi connectivity index (χ3v) is 7.52. The standard InChI is InChI=1S/C34H31N3O3/c1-19-17-33(3,4)36-27-15-29-25(13-23(19)27)31(21-9-7-8-10-22(21)32(38)39-12-11-35)26-14-24-20(2)18-34(5,6)37-28(24)16-30(26)40-29/h7-10,13-18,36H,12H2,1-6H3. The lowest BCUT2D eigenvalue weighted by molar-refractivity contribution is 0.0554. The lowest BCUT2D eigenvalue weighted by Crippen LogP contribution is -2.32. The Balaban J connectivity index is 1.70. The van der Waals surface area contributed by atoms with Gasteiger partial charge < -0.3 is 14.8 Å². The number of hydrogen-bond donors (Lipinski definition) is 1. The summed E-state index contributed by atoms with van der Waals surface area (Å²) in [4.78, 5) is 18.1. The van der Waals surface area contributed by atoms with E-state index in [-0.39, 0.29) is 17.7 Å². The van der Waals surface area contributed by atoms with Crippen molar-refractivity contribution in [2.24, 2.45) is 4.99 Å². The monoisotopic (exact) mass is 529 g/mol. The maximum Gasteiger partial charge on any atom is 0.339 e. The number of carbonyl (C=O) groups is 1. The van der Waals surface area contributed by atoms with Crippen LogP contribution in [0.4, 0.5) is 5.69 Å². The minimum Gasteiger partial charge on any atom is -0.456 e. The third-order valence-electron chi connectivity index (χ3n) is 7.52. The molecular weight excluding hydrogens is 498 g/mol. The summed E-state index contributed by atoms with van der Waals surface area (Å²) in [6, 6.07) is 17.6. The van der Waals surface area contributed by atoms with Gasteiger partial charge in [-0.2, -0.15) is 5.26 Å². The van der Waals surface area contributed by atoms with Crippen molar-refractivity contribution in [2.45, 2.75) is 52.6 Å². The number of nitrogens with zero attached hydrogens (tertiary/aromatic N) is 2. The number of carbonyl (C=O) groups excluding carboxylic acids is 1. The van der Waals surface area contributed by atoms with Gasteiger partial charge in [0.15, 0.2) is 6.61 Å². The molecule has 0 saturated carbocycles. The number of rotatable bonds is 3. The van der Waals surface area contributed by atoms with Crippen molar-refractivity contribution in [1.29, 1.82) is 5.26 Å². The Kier molecular flexibility index (Phi) is 5.74. The Bertz CT molecular complexity index is 1850. The van der Waals surface area contributed by atoms with Crippen LogP contribution in [0, 0.1) is 11.3 Å². The molecule has 200 valence electrons. The molecule has 0 radical (unpaired) electrons. The van der Waals surface area contributed by atoms with Crippen LogP contribution in [-0.2, 0) is 4.74 Å². The van der Waals surface area contributed by atoms with Crippen LogP contribution in [0.25, 0.3) is 16.7 Å². The zero-order valence-corrected chi connectivity index (χ0v) is 23.6. The number of fused-ring (bicyclic) bond motifs is 4. The maximum atomic E-state index is 13.1. The second-order valence-corrected chi connectivity index (χ2v) is 11.8. The number of benzene rings is 3. The first-order valence-electron chi connectivity index (χ1n) is 13.4. The summed E-state index contributed by atoms with van der Waals surface area (Å²) in [7, 11) is 0. The molecule has 0 atom stereocenters. The zero-order chi connectivity index (χ0) is 28.4. The number of anilines is 1. The van der Waals surface area contributed by atoms with Crippen molar-refractivity contribution in [2.75, 3.05) is 11.9 Å². The predicted molar refractivity (Wildman–Crippen MR) is 157 cm³/mol. The van der Waals surface area contributed by atoms with Gasteiger partial charge >= 0.3 is 5.97 Å². The average Bonchev–Trinajstić information content (AvgIpc) is 2.87. The molecule has 0 amide bonds. The van der Waals surface area contributed by atoms with Crippen LogP contribution in [0.3, 0.4) is 0 Å². The molecule has 0 aliphatic carbocycles. The molecule has 0 aromatic heterocycles. The van der Waals surface area contributed by atoms with Crippen LogP contribution < -0.4 is 20.6 Å². The molecule has 3 heterocycles. The molecule has 1 N–H and O–H groups in total. The van der Waals surface area contributed by atoms with Crippen LogP contribution >= 0.6 is 0 Å². The van der Waals surface area contributed by atoms with E-state index in [1.165, 1.54) is 5.57 Å². The molecule has 6 nitrogen and oxygen atoms in total. The fraction of sp³-hybridized carbons (Fsp3) is 0.265. The van der Waals surface area contributed by atoms with Gasteiger partial charge in [-0.05, 0) is 76.5 Å². The largest absolute Gasteiger partial charge is 0.456 e. The van der Waals surface area contributed by atoms with Gasteiger partial charge in [0.2, 0.25) is 0 Å². The quantitative estimate of drug-likeness (QED) is 0.322. The van der Waals surface area contributed by atoms with E-state index in [4.69, 9.17) is 19.7 Å². The van der Waals surface area contributed by atoms with Gasteiger partial charge in [-0.3, -0.25) is 4.99 Å². The lowest BCUT2D eigenvalue weighted by atomic mass is 9.84. The van der Waals surface area contributed by atoms with Crippen LogP contribution in [0.5, 0.6) is 11.5 Å². The van der Waals surface area contributed by atoms with Crippen LogP contribution in [0.2, 0.25) is 0 Å².